The van der Waals surface area contributed by atoms with E-state index in [1.165, 1.54) is 0 Å². The Morgan fingerprint density at radius 2 is 1.90 bits per heavy atom. The number of rotatable bonds is 3. The molecule has 2 rings (SSSR count). The molecule has 0 aliphatic carbocycles. The normalized spacial score (nSPS) is 8.52. The van der Waals surface area contributed by atoms with Gasteiger partial charge in [-0.15, -0.1) is 0 Å². The second-order valence-electron chi connectivity index (χ2n) is 3.50. The van der Waals surface area contributed by atoms with Gasteiger partial charge in [-0.1, -0.05) is 44.2 Å². The summed E-state index contributed by atoms with van der Waals surface area (Å²) in [7, 11) is 0. The van der Waals surface area contributed by atoms with Gasteiger partial charge in [-0.05, 0) is 13.0 Å². The van der Waals surface area contributed by atoms with Crippen molar-refractivity contribution in [2.45, 2.75) is 20.8 Å². The monoisotopic (exact) mass is 291 g/mol. The number of carbonyl (C=O) groups excluding carboxylic acids is 1. The Morgan fingerprint density at radius 1 is 1.33 bits per heavy atom. The van der Waals surface area contributed by atoms with Gasteiger partial charge in [0.15, 0.2) is 0 Å². The molecule has 6 nitrogen and oxygen atoms in total. The number of carboxylic acid groups (broad SMARTS) is 1. The van der Waals surface area contributed by atoms with Crippen LogP contribution in [0.4, 0.5) is 0 Å². The maximum absolute atomic E-state index is 11.5. The lowest BCUT2D eigenvalue weighted by Gasteiger charge is -1.96. The van der Waals surface area contributed by atoms with Crippen LogP contribution in [0.15, 0.2) is 36.4 Å². The number of benzene rings is 1. The number of carbonyl (C=O) groups is 2. The summed E-state index contributed by atoms with van der Waals surface area (Å²) >= 11 is 0. The van der Waals surface area contributed by atoms with Gasteiger partial charge in [-0.2, -0.15) is 5.10 Å². The summed E-state index contributed by atoms with van der Waals surface area (Å²) in [6, 6.07) is 11.5. The quantitative estimate of drug-likeness (QED) is 0.757. The number of aromatic nitrogens is 2. The smallest absolute Gasteiger partial charge is 0.290 e. The van der Waals surface area contributed by atoms with E-state index < -0.39 is 0 Å². The highest BCUT2D eigenvalue weighted by atomic mass is 16.3. The molecule has 114 valence electrons. The number of aromatic amines is 1. The molecule has 1 heterocycles. The third-order valence-electron chi connectivity index (χ3n) is 2.23. The Morgan fingerprint density at radius 3 is 2.43 bits per heavy atom. The first-order chi connectivity index (χ1) is 10.2. The van der Waals surface area contributed by atoms with E-state index in [9.17, 15) is 4.79 Å². The highest BCUT2D eigenvalue weighted by Crippen LogP contribution is 2.16. The van der Waals surface area contributed by atoms with Crippen molar-refractivity contribution in [3.8, 4) is 11.3 Å². The minimum Gasteiger partial charge on any atom is -0.483 e. The van der Waals surface area contributed by atoms with Gasteiger partial charge in [0.1, 0.15) is 5.69 Å². The zero-order valence-corrected chi connectivity index (χ0v) is 12.5. The third kappa shape index (κ3) is 6.38. The molecule has 21 heavy (non-hydrogen) atoms. The highest BCUT2D eigenvalue weighted by molar-refractivity contribution is 5.93. The van der Waals surface area contributed by atoms with E-state index in [2.05, 4.69) is 15.5 Å². The molecule has 0 unspecified atom stereocenters. The minimum absolute atomic E-state index is 0.128. The molecule has 0 saturated heterocycles. The zero-order valence-electron chi connectivity index (χ0n) is 12.5. The van der Waals surface area contributed by atoms with Crippen LogP contribution in [0.5, 0.6) is 0 Å². The number of hydrogen-bond acceptors (Lipinski definition) is 3. The van der Waals surface area contributed by atoms with E-state index in [-0.39, 0.29) is 12.4 Å². The van der Waals surface area contributed by atoms with Gasteiger partial charge in [0.2, 0.25) is 0 Å². The van der Waals surface area contributed by atoms with Crippen LogP contribution in [-0.4, -0.2) is 34.2 Å². The highest BCUT2D eigenvalue weighted by Gasteiger charge is 2.09. The molecule has 0 bridgehead atoms. The lowest BCUT2D eigenvalue weighted by atomic mass is 10.1. The molecule has 0 aliphatic rings. The van der Waals surface area contributed by atoms with Gasteiger partial charge in [0.25, 0.3) is 12.4 Å². The van der Waals surface area contributed by atoms with E-state index in [0.717, 1.165) is 11.3 Å². The van der Waals surface area contributed by atoms with E-state index in [4.69, 9.17) is 9.90 Å². The van der Waals surface area contributed by atoms with Gasteiger partial charge in [-0.3, -0.25) is 14.7 Å². The molecule has 0 radical (unpaired) electrons. The summed E-state index contributed by atoms with van der Waals surface area (Å²) < 4.78 is 0. The summed E-state index contributed by atoms with van der Waals surface area (Å²) in [4.78, 5) is 19.9. The second kappa shape index (κ2) is 11.2. The van der Waals surface area contributed by atoms with Gasteiger partial charge in [0, 0.05) is 12.1 Å². The maximum atomic E-state index is 11.5. The minimum atomic E-state index is -0.250. The molecule has 1 aromatic carbocycles. The zero-order chi connectivity index (χ0) is 16.1. The topological polar surface area (TPSA) is 95.1 Å². The van der Waals surface area contributed by atoms with Gasteiger partial charge >= 0.3 is 0 Å². The standard InChI is InChI=1S/C12H13N3O.C2H6.CH2O2/c1-2-13-12(16)11-8-10(14-15-11)9-6-4-3-5-7-9;1-2;2-1-3/h3-8H,2H2,1H3,(H,13,16)(H,14,15);1-2H3;1H,(H,2,3). The summed E-state index contributed by atoms with van der Waals surface area (Å²) in [5, 5.41) is 16.4. The van der Waals surface area contributed by atoms with Crippen LogP contribution in [-0.2, 0) is 4.79 Å². The second-order valence-corrected chi connectivity index (χ2v) is 3.50. The summed E-state index contributed by atoms with van der Waals surface area (Å²) in [6.45, 7) is 6.24. The lowest BCUT2D eigenvalue weighted by molar-refractivity contribution is -0.122. The van der Waals surface area contributed by atoms with Crippen molar-refractivity contribution in [3.63, 3.8) is 0 Å². The van der Waals surface area contributed by atoms with Crippen LogP contribution >= 0.6 is 0 Å². The maximum Gasteiger partial charge on any atom is 0.290 e. The summed E-state index contributed by atoms with van der Waals surface area (Å²) in [6.07, 6.45) is 0. The van der Waals surface area contributed by atoms with Crippen molar-refractivity contribution in [1.29, 1.82) is 0 Å². The molecule has 1 aromatic heterocycles. The average Bonchev–Trinajstić information content (AvgIpc) is 3.01. The molecule has 0 fully saturated rings. The predicted octanol–water partition coefficient (Wildman–Crippen LogP) is 2.55. The summed E-state index contributed by atoms with van der Waals surface area (Å²) in [5.41, 5.74) is 2.26. The van der Waals surface area contributed by atoms with Crippen LogP contribution in [0, 0.1) is 0 Å². The largest absolute Gasteiger partial charge is 0.483 e. The van der Waals surface area contributed by atoms with Crippen LogP contribution in [0.3, 0.4) is 0 Å². The lowest BCUT2D eigenvalue weighted by Crippen LogP contribution is -2.22. The predicted molar refractivity (Wildman–Crippen MR) is 82.1 cm³/mol. The Hall–Kier alpha value is -2.63. The molecular formula is C15H21N3O3. The van der Waals surface area contributed by atoms with Crippen LogP contribution in [0.2, 0.25) is 0 Å². The van der Waals surface area contributed by atoms with Gasteiger partial charge in [0.05, 0.1) is 5.69 Å². The Labute approximate surface area is 124 Å². The van der Waals surface area contributed by atoms with Crippen molar-refractivity contribution >= 4 is 12.4 Å². The van der Waals surface area contributed by atoms with Crippen LogP contribution in [0.25, 0.3) is 11.3 Å². The first-order valence-corrected chi connectivity index (χ1v) is 6.69. The average molecular weight is 291 g/mol. The van der Waals surface area contributed by atoms with E-state index in [1.54, 1.807) is 6.07 Å². The van der Waals surface area contributed by atoms with Crippen molar-refractivity contribution in [2.24, 2.45) is 0 Å². The molecule has 0 aliphatic heterocycles. The SMILES string of the molecule is CC.CCNC(=O)c1cc(-c2ccccc2)n[nH]1.O=CO. The fourth-order valence-electron chi connectivity index (χ4n) is 1.45. The Balaban J connectivity index is 0.000000713. The fourth-order valence-corrected chi connectivity index (χ4v) is 1.45. The molecule has 0 saturated carbocycles. The first kappa shape index (κ1) is 18.4. The molecule has 2 aromatic rings. The Kier molecular flexibility index (Phi) is 9.81. The molecule has 0 atom stereocenters. The molecule has 3 N–H and O–H groups in total. The summed E-state index contributed by atoms with van der Waals surface area (Å²) in [5.74, 6) is -0.128. The van der Waals surface area contributed by atoms with Crippen molar-refractivity contribution in [2.75, 3.05) is 6.54 Å². The van der Waals surface area contributed by atoms with Crippen molar-refractivity contribution in [3.05, 3.63) is 42.1 Å². The van der Waals surface area contributed by atoms with Gasteiger partial charge in [-0.25, -0.2) is 0 Å². The van der Waals surface area contributed by atoms with Crippen LogP contribution in [0.1, 0.15) is 31.3 Å². The molecule has 1 amide bonds. The van der Waals surface area contributed by atoms with Crippen molar-refractivity contribution in [1.82, 2.24) is 15.5 Å². The molecule has 0 spiro atoms. The van der Waals surface area contributed by atoms with E-state index in [1.807, 2.05) is 51.1 Å². The molecular weight excluding hydrogens is 270 g/mol. The van der Waals surface area contributed by atoms with E-state index >= 15 is 0 Å². The first-order valence-electron chi connectivity index (χ1n) is 6.69. The van der Waals surface area contributed by atoms with E-state index in [0.29, 0.717) is 12.2 Å². The van der Waals surface area contributed by atoms with Crippen LogP contribution < -0.4 is 5.32 Å². The number of amides is 1. The van der Waals surface area contributed by atoms with Crippen molar-refractivity contribution < 1.29 is 14.7 Å². The fraction of sp³-hybridized carbons (Fsp3) is 0.267. The number of H-pyrrole nitrogens is 1. The Bertz CT molecular complexity index is 524. The van der Waals surface area contributed by atoms with Gasteiger partial charge < -0.3 is 10.4 Å². The third-order valence-corrected chi connectivity index (χ3v) is 2.23. The number of hydrogen-bond donors (Lipinski definition) is 3. The molecule has 6 heteroatoms. The number of nitrogens with one attached hydrogen (secondary N) is 2. The number of nitrogens with zero attached hydrogens (tertiary/aromatic N) is 1.